The number of phenols is 1. The predicted molar refractivity (Wildman–Crippen MR) is 78.5 cm³/mol. The molecule has 0 unspecified atom stereocenters. The van der Waals surface area contributed by atoms with E-state index in [0.717, 1.165) is 17.5 Å². The van der Waals surface area contributed by atoms with E-state index in [4.69, 9.17) is 10.3 Å². The molecule has 1 aromatic carbocycles. The average molecular weight is 287 g/mol. The molecule has 0 atom stereocenters. The number of benzene rings is 1. The molecule has 0 aliphatic heterocycles. The van der Waals surface area contributed by atoms with Crippen molar-refractivity contribution in [2.45, 2.75) is 13.3 Å². The molecule has 6 heteroatoms. The molecule has 0 fully saturated rings. The van der Waals surface area contributed by atoms with Gasteiger partial charge in [-0.2, -0.15) is 4.98 Å². The third-order valence-electron chi connectivity index (χ3n) is 2.94. The van der Waals surface area contributed by atoms with Crippen LogP contribution in [0.15, 0.2) is 34.9 Å². The lowest BCUT2D eigenvalue weighted by Crippen LogP contribution is -1.84. The van der Waals surface area contributed by atoms with Gasteiger partial charge in [-0.1, -0.05) is 12.1 Å². The lowest BCUT2D eigenvalue weighted by atomic mass is 10.2. The van der Waals surface area contributed by atoms with E-state index in [1.807, 2.05) is 6.07 Å². The van der Waals surface area contributed by atoms with E-state index in [2.05, 4.69) is 17.1 Å². The number of nitrogens with two attached hydrogens (primary N) is 1. The number of thiophene rings is 1. The number of rotatable bonds is 3. The first kappa shape index (κ1) is 12.7. The van der Waals surface area contributed by atoms with Crippen molar-refractivity contribution in [3.8, 4) is 28.6 Å². The van der Waals surface area contributed by atoms with Crippen molar-refractivity contribution >= 4 is 16.3 Å². The van der Waals surface area contributed by atoms with Gasteiger partial charge in [0.25, 0.3) is 5.89 Å². The van der Waals surface area contributed by atoms with Gasteiger partial charge in [0.05, 0.1) is 10.6 Å². The second kappa shape index (κ2) is 4.97. The van der Waals surface area contributed by atoms with E-state index in [-0.39, 0.29) is 5.75 Å². The number of aromatic nitrogens is 2. The Morgan fingerprint density at radius 1 is 1.30 bits per heavy atom. The highest BCUT2D eigenvalue weighted by Crippen LogP contribution is 2.34. The maximum atomic E-state index is 9.27. The van der Waals surface area contributed by atoms with Crippen LogP contribution >= 0.6 is 11.3 Å². The Morgan fingerprint density at radius 3 is 2.70 bits per heavy atom. The highest BCUT2D eigenvalue weighted by atomic mass is 32.1. The van der Waals surface area contributed by atoms with Gasteiger partial charge in [-0.25, -0.2) is 0 Å². The zero-order valence-corrected chi connectivity index (χ0v) is 11.6. The second-order valence-electron chi connectivity index (χ2n) is 4.31. The first-order valence-electron chi connectivity index (χ1n) is 6.19. The molecular formula is C14H13N3O2S. The summed E-state index contributed by atoms with van der Waals surface area (Å²) < 4.78 is 5.28. The summed E-state index contributed by atoms with van der Waals surface area (Å²) in [5, 5.41) is 13.9. The van der Waals surface area contributed by atoms with Gasteiger partial charge in [0.15, 0.2) is 0 Å². The monoisotopic (exact) mass is 287 g/mol. The minimum Gasteiger partial charge on any atom is -0.508 e. The zero-order chi connectivity index (χ0) is 14.1. The molecule has 0 amide bonds. The summed E-state index contributed by atoms with van der Waals surface area (Å²) in [5.74, 6) is 1.09. The molecule has 0 bridgehead atoms. The summed E-state index contributed by atoms with van der Waals surface area (Å²) in [7, 11) is 0. The highest BCUT2D eigenvalue weighted by molar-refractivity contribution is 7.16. The van der Waals surface area contributed by atoms with E-state index < -0.39 is 0 Å². The summed E-state index contributed by atoms with van der Waals surface area (Å²) >= 11 is 1.53. The maximum Gasteiger partial charge on any atom is 0.261 e. The van der Waals surface area contributed by atoms with Crippen LogP contribution in [0.25, 0.3) is 22.8 Å². The first-order valence-corrected chi connectivity index (χ1v) is 7.00. The number of phenolic OH excluding ortho intramolecular Hbond substituents is 1. The predicted octanol–water partition coefficient (Wildman–Crippen LogP) is 3.32. The normalized spacial score (nSPS) is 10.8. The Morgan fingerprint density at radius 2 is 2.05 bits per heavy atom. The lowest BCUT2D eigenvalue weighted by molar-refractivity contribution is 0.432. The van der Waals surface area contributed by atoms with E-state index in [9.17, 15) is 5.11 Å². The zero-order valence-electron chi connectivity index (χ0n) is 10.8. The van der Waals surface area contributed by atoms with Crippen LogP contribution in [0.1, 0.15) is 11.8 Å². The van der Waals surface area contributed by atoms with E-state index >= 15 is 0 Å². The van der Waals surface area contributed by atoms with Gasteiger partial charge in [0, 0.05) is 10.4 Å². The molecule has 0 radical (unpaired) electrons. The molecule has 102 valence electrons. The molecule has 0 spiro atoms. The van der Waals surface area contributed by atoms with Crippen molar-refractivity contribution in [3.05, 3.63) is 35.2 Å². The van der Waals surface area contributed by atoms with Crippen LogP contribution in [0, 0.1) is 0 Å². The van der Waals surface area contributed by atoms with Gasteiger partial charge in [0.1, 0.15) is 5.75 Å². The van der Waals surface area contributed by atoms with Gasteiger partial charge < -0.3 is 15.4 Å². The molecule has 2 aromatic heterocycles. The molecule has 3 rings (SSSR count). The molecular weight excluding hydrogens is 274 g/mol. The summed E-state index contributed by atoms with van der Waals surface area (Å²) in [6, 6.07) is 8.62. The third kappa shape index (κ3) is 2.25. The second-order valence-corrected chi connectivity index (χ2v) is 5.48. The Bertz CT molecular complexity index is 731. The van der Waals surface area contributed by atoms with Gasteiger partial charge >= 0.3 is 0 Å². The van der Waals surface area contributed by atoms with Gasteiger partial charge in [-0.3, -0.25) is 0 Å². The van der Waals surface area contributed by atoms with Gasteiger partial charge in [-0.05, 0) is 36.8 Å². The van der Waals surface area contributed by atoms with Crippen LogP contribution in [-0.4, -0.2) is 15.2 Å². The Kier molecular flexibility index (Phi) is 3.15. The molecule has 3 N–H and O–H groups in total. The fourth-order valence-corrected chi connectivity index (χ4v) is 2.72. The van der Waals surface area contributed by atoms with Crippen LogP contribution in [0.2, 0.25) is 0 Å². The first-order chi connectivity index (χ1) is 9.67. The minimum absolute atomic E-state index is 0.201. The quantitative estimate of drug-likeness (QED) is 0.772. The van der Waals surface area contributed by atoms with E-state index in [1.54, 1.807) is 24.3 Å². The van der Waals surface area contributed by atoms with Crippen LogP contribution in [-0.2, 0) is 6.42 Å². The van der Waals surface area contributed by atoms with Crippen LogP contribution in [0.4, 0.5) is 5.00 Å². The van der Waals surface area contributed by atoms with Crippen molar-refractivity contribution in [1.82, 2.24) is 10.1 Å². The lowest BCUT2D eigenvalue weighted by Gasteiger charge is -1.93. The number of aryl methyl sites for hydroxylation is 1. The largest absolute Gasteiger partial charge is 0.508 e. The fourth-order valence-electron chi connectivity index (χ4n) is 1.86. The number of hydrogen-bond acceptors (Lipinski definition) is 6. The summed E-state index contributed by atoms with van der Waals surface area (Å²) in [6.45, 7) is 2.07. The third-order valence-corrected chi connectivity index (χ3v) is 4.05. The van der Waals surface area contributed by atoms with Crippen molar-refractivity contribution < 1.29 is 9.63 Å². The van der Waals surface area contributed by atoms with Crippen molar-refractivity contribution in [2.75, 3.05) is 5.73 Å². The highest BCUT2D eigenvalue weighted by Gasteiger charge is 2.15. The standard InChI is InChI=1S/C14H13N3O2S/c1-2-10-7-11(12(15)20-10)14-16-13(17-19-14)8-3-5-9(18)6-4-8/h3-7,18H,2,15H2,1H3. The SMILES string of the molecule is CCc1cc(-c2nc(-c3ccc(O)cc3)no2)c(N)s1. The smallest absolute Gasteiger partial charge is 0.261 e. The van der Waals surface area contributed by atoms with Crippen LogP contribution < -0.4 is 5.73 Å². The molecule has 3 aromatic rings. The van der Waals surface area contributed by atoms with Gasteiger partial charge in [-0.15, -0.1) is 11.3 Å². The molecule has 0 aliphatic carbocycles. The molecule has 2 heterocycles. The molecule has 5 nitrogen and oxygen atoms in total. The Balaban J connectivity index is 1.97. The Hall–Kier alpha value is -2.34. The van der Waals surface area contributed by atoms with E-state index in [1.165, 1.54) is 16.2 Å². The fraction of sp³-hybridized carbons (Fsp3) is 0.143. The average Bonchev–Trinajstić information content (AvgIpc) is 3.06. The maximum absolute atomic E-state index is 9.27. The van der Waals surface area contributed by atoms with Crippen molar-refractivity contribution in [2.24, 2.45) is 0 Å². The van der Waals surface area contributed by atoms with Crippen molar-refractivity contribution in [3.63, 3.8) is 0 Å². The minimum atomic E-state index is 0.201. The number of anilines is 1. The Labute approximate surface area is 119 Å². The molecule has 20 heavy (non-hydrogen) atoms. The van der Waals surface area contributed by atoms with Crippen molar-refractivity contribution in [1.29, 1.82) is 0 Å². The van der Waals surface area contributed by atoms with Crippen LogP contribution in [0.5, 0.6) is 5.75 Å². The molecule has 0 saturated heterocycles. The number of hydrogen-bond donors (Lipinski definition) is 2. The number of aromatic hydroxyl groups is 1. The summed E-state index contributed by atoms with van der Waals surface area (Å²) in [6.07, 6.45) is 0.924. The summed E-state index contributed by atoms with van der Waals surface area (Å²) in [4.78, 5) is 5.54. The van der Waals surface area contributed by atoms with E-state index in [0.29, 0.717) is 16.7 Å². The van der Waals surface area contributed by atoms with Crippen LogP contribution in [0.3, 0.4) is 0 Å². The number of nitrogens with zero attached hydrogens (tertiary/aromatic N) is 2. The molecule has 0 saturated carbocycles. The topological polar surface area (TPSA) is 85.2 Å². The number of nitrogen functional groups attached to an aromatic ring is 1. The summed E-state index contributed by atoms with van der Waals surface area (Å²) in [5.41, 5.74) is 7.54. The van der Waals surface area contributed by atoms with Gasteiger partial charge in [0.2, 0.25) is 5.82 Å². The molecule has 0 aliphatic rings.